The minimum atomic E-state index is -0.978. The highest BCUT2D eigenvalue weighted by Gasteiger charge is 2.59. The van der Waals surface area contributed by atoms with Crippen LogP contribution in [0.1, 0.15) is 22.8 Å². The summed E-state index contributed by atoms with van der Waals surface area (Å²) in [6, 6.07) is 14.1. The number of nitrogens with one attached hydrogen (secondary N) is 1. The second kappa shape index (κ2) is 7.55. The fourth-order valence-corrected chi connectivity index (χ4v) is 7.06. The number of hydrogen-bond donors (Lipinski definition) is 1. The summed E-state index contributed by atoms with van der Waals surface area (Å²) in [6.07, 6.45) is 0.0731. The summed E-state index contributed by atoms with van der Waals surface area (Å²) in [6.45, 7) is 0. The van der Waals surface area contributed by atoms with Gasteiger partial charge in [0.2, 0.25) is 11.8 Å². The van der Waals surface area contributed by atoms with E-state index in [-0.39, 0.29) is 23.1 Å². The van der Waals surface area contributed by atoms with Crippen molar-refractivity contribution in [3.8, 4) is 5.75 Å². The summed E-state index contributed by atoms with van der Waals surface area (Å²) < 4.78 is 5.27. The van der Waals surface area contributed by atoms with Crippen LogP contribution in [0, 0.1) is 5.41 Å². The van der Waals surface area contributed by atoms with E-state index in [9.17, 15) is 14.4 Å². The van der Waals surface area contributed by atoms with Gasteiger partial charge in [0.05, 0.1) is 23.2 Å². The molecule has 1 N–H and O–H groups in total. The zero-order chi connectivity index (χ0) is 21.8. The molecule has 2 aromatic carbocycles. The number of aromatic amines is 1. The van der Waals surface area contributed by atoms with Crippen LogP contribution in [0.5, 0.6) is 5.75 Å². The minimum Gasteiger partial charge on any atom is -0.497 e. The number of hydrogen-bond acceptors (Lipinski definition) is 6. The van der Waals surface area contributed by atoms with Gasteiger partial charge >= 0.3 is 4.87 Å². The van der Waals surface area contributed by atoms with Crippen molar-refractivity contribution in [3.63, 3.8) is 0 Å². The third-order valence-electron chi connectivity index (χ3n) is 5.81. The third kappa shape index (κ3) is 3.21. The molecule has 1 aromatic heterocycles. The molecule has 31 heavy (non-hydrogen) atoms. The Balaban J connectivity index is 1.65. The maximum atomic E-state index is 13.9. The number of amides is 2. The summed E-state index contributed by atoms with van der Waals surface area (Å²) in [4.78, 5) is 43.9. The van der Waals surface area contributed by atoms with Crippen molar-refractivity contribution >= 4 is 52.2 Å². The van der Waals surface area contributed by atoms with Gasteiger partial charge in [0.1, 0.15) is 5.75 Å². The van der Waals surface area contributed by atoms with Gasteiger partial charge in [0, 0.05) is 28.0 Å². The fourth-order valence-electron chi connectivity index (χ4n) is 4.38. The lowest BCUT2D eigenvalue weighted by atomic mass is 9.71. The van der Waals surface area contributed by atoms with Gasteiger partial charge in [-0.05, 0) is 42.0 Å². The summed E-state index contributed by atoms with van der Waals surface area (Å²) >= 11 is 8.52. The van der Waals surface area contributed by atoms with E-state index in [1.807, 2.05) is 24.3 Å². The quantitative estimate of drug-likeness (QED) is 0.575. The van der Waals surface area contributed by atoms with Gasteiger partial charge in [-0.1, -0.05) is 35.1 Å². The van der Waals surface area contributed by atoms with Crippen molar-refractivity contribution in [1.82, 2.24) is 4.98 Å². The molecule has 5 rings (SSSR count). The first-order chi connectivity index (χ1) is 14.9. The van der Waals surface area contributed by atoms with Crippen LogP contribution < -0.4 is 14.5 Å². The maximum absolute atomic E-state index is 13.9. The van der Waals surface area contributed by atoms with Crippen LogP contribution in [-0.4, -0.2) is 29.7 Å². The van der Waals surface area contributed by atoms with Gasteiger partial charge in [-0.25, -0.2) is 4.90 Å². The molecular weight excluding hydrogens is 456 g/mol. The summed E-state index contributed by atoms with van der Waals surface area (Å²) in [5.74, 6) is 0.185. The number of aromatic nitrogens is 1. The number of benzene rings is 2. The smallest absolute Gasteiger partial charge is 0.305 e. The number of thiazole rings is 1. The Morgan fingerprint density at radius 2 is 1.81 bits per heavy atom. The lowest BCUT2D eigenvalue weighted by Gasteiger charge is -2.38. The van der Waals surface area contributed by atoms with Crippen LogP contribution in [0.4, 0.5) is 5.69 Å². The van der Waals surface area contributed by atoms with Gasteiger partial charge in [0.15, 0.2) is 0 Å². The normalized spacial score (nSPS) is 22.8. The Morgan fingerprint density at radius 1 is 1.10 bits per heavy atom. The van der Waals surface area contributed by atoms with Crippen molar-refractivity contribution in [3.05, 3.63) is 73.7 Å². The molecule has 0 bridgehead atoms. The fraction of sp³-hybridized carbons (Fsp3) is 0.227. The molecule has 2 aliphatic rings. The highest BCUT2D eigenvalue weighted by Crippen LogP contribution is 2.57. The number of carbonyl (C=O) groups is 2. The molecule has 0 saturated carbocycles. The third-order valence-corrected chi connectivity index (χ3v) is 8.41. The summed E-state index contributed by atoms with van der Waals surface area (Å²) in [5, 5.41) is 1.30. The highest BCUT2D eigenvalue weighted by atomic mass is 35.5. The summed E-state index contributed by atoms with van der Waals surface area (Å²) in [5.41, 5.74) is 0.396. The first-order valence-electron chi connectivity index (χ1n) is 9.56. The van der Waals surface area contributed by atoms with E-state index in [2.05, 4.69) is 4.98 Å². The van der Waals surface area contributed by atoms with Crippen molar-refractivity contribution in [1.29, 1.82) is 0 Å². The van der Waals surface area contributed by atoms with Gasteiger partial charge in [-0.3, -0.25) is 14.4 Å². The number of fused-ring (bicyclic) bond motifs is 1. The second-order valence-electron chi connectivity index (χ2n) is 7.55. The predicted octanol–water partition coefficient (Wildman–Crippen LogP) is 4.29. The zero-order valence-corrected chi connectivity index (χ0v) is 18.8. The monoisotopic (exact) mass is 472 g/mol. The van der Waals surface area contributed by atoms with E-state index in [1.54, 1.807) is 31.4 Å². The van der Waals surface area contributed by atoms with Crippen molar-refractivity contribution in [2.24, 2.45) is 5.41 Å². The molecule has 0 radical (unpaired) electrons. The second-order valence-corrected chi connectivity index (χ2v) is 9.98. The number of carbonyl (C=O) groups excluding carboxylic acids is 2. The molecule has 1 saturated heterocycles. The molecule has 2 amide bonds. The molecule has 1 spiro atoms. The zero-order valence-electron chi connectivity index (χ0n) is 16.4. The number of rotatable bonds is 3. The maximum Gasteiger partial charge on any atom is 0.305 e. The van der Waals surface area contributed by atoms with Crippen LogP contribution in [0.2, 0.25) is 5.02 Å². The summed E-state index contributed by atoms with van der Waals surface area (Å²) in [7, 11) is 1.59. The molecule has 158 valence electrons. The molecule has 2 aliphatic heterocycles. The number of anilines is 1. The number of halogens is 1. The first kappa shape index (κ1) is 20.4. The SMILES string of the molecule is COc1ccc([C@@H]2c3sc(=O)[nH]c3SC[C@@]23CC(=O)N(c2ccc(Cl)cc2)C3=O)cc1. The van der Waals surface area contributed by atoms with Crippen LogP contribution in [0.3, 0.4) is 0 Å². The van der Waals surface area contributed by atoms with Gasteiger partial charge in [0.25, 0.3) is 0 Å². The molecule has 1 fully saturated rings. The van der Waals surface area contributed by atoms with Gasteiger partial charge in [-0.2, -0.15) is 0 Å². The largest absolute Gasteiger partial charge is 0.497 e. The van der Waals surface area contributed by atoms with E-state index in [0.717, 1.165) is 26.8 Å². The minimum absolute atomic E-state index is 0.0731. The highest BCUT2D eigenvalue weighted by molar-refractivity contribution is 7.99. The molecule has 3 heterocycles. The molecule has 6 nitrogen and oxygen atoms in total. The standard InChI is InChI=1S/C22H17ClN2O4S2/c1-29-15-8-2-12(3-9-15)17-18-19(24-21(28)31-18)30-11-22(17)10-16(26)25(20(22)27)14-6-4-13(23)5-7-14/h2-9,17H,10-11H2,1H3,(H,24,28)/t17-,22+/m1/s1. The van der Waals surface area contributed by atoms with E-state index in [1.165, 1.54) is 16.7 Å². The van der Waals surface area contributed by atoms with E-state index in [0.29, 0.717) is 22.2 Å². The Morgan fingerprint density at radius 3 is 2.48 bits per heavy atom. The number of ether oxygens (including phenoxy) is 1. The average molecular weight is 473 g/mol. The van der Waals surface area contributed by atoms with Crippen LogP contribution in [0.15, 0.2) is 58.4 Å². The molecular formula is C22H17ClN2O4S2. The topological polar surface area (TPSA) is 79.5 Å². The molecule has 9 heteroatoms. The van der Waals surface area contributed by atoms with Crippen LogP contribution in [-0.2, 0) is 9.59 Å². The molecule has 3 aromatic rings. The Labute approximate surface area is 191 Å². The first-order valence-corrected chi connectivity index (χ1v) is 11.7. The Kier molecular flexibility index (Phi) is 4.96. The predicted molar refractivity (Wildman–Crippen MR) is 121 cm³/mol. The van der Waals surface area contributed by atoms with Gasteiger partial charge < -0.3 is 9.72 Å². The van der Waals surface area contributed by atoms with E-state index >= 15 is 0 Å². The van der Waals surface area contributed by atoms with Crippen molar-refractivity contribution in [2.45, 2.75) is 17.4 Å². The van der Waals surface area contributed by atoms with Gasteiger partial charge in [-0.15, -0.1) is 11.8 Å². The van der Waals surface area contributed by atoms with Crippen molar-refractivity contribution in [2.75, 3.05) is 17.8 Å². The Bertz CT molecular complexity index is 1240. The Hall–Kier alpha value is -2.55. The van der Waals surface area contributed by atoms with E-state index in [4.69, 9.17) is 16.3 Å². The number of methoxy groups -OCH3 is 1. The number of H-pyrrole nitrogens is 1. The number of imide groups is 1. The molecule has 0 aliphatic carbocycles. The molecule has 2 atom stereocenters. The number of thioether (sulfide) groups is 1. The lowest BCUT2D eigenvalue weighted by molar-refractivity contribution is -0.125. The van der Waals surface area contributed by atoms with E-state index < -0.39 is 11.3 Å². The van der Waals surface area contributed by atoms with Crippen LogP contribution in [0.25, 0.3) is 0 Å². The average Bonchev–Trinajstić information content (AvgIpc) is 3.25. The number of nitrogens with zero attached hydrogens (tertiary/aromatic N) is 1. The molecule has 0 unspecified atom stereocenters. The van der Waals surface area contributed by atoms with Crippen molar-refractivity contribution < 1.29 is 14.3 Å². The van der Waals surface area contributed by atoms with Crippen LogP contribution >= 0.6 is 34.7 Å². The lowest BCUT2D eigenvalue weighted by Crippen LogP contribution is -2.43.